The zero-order valence-electron chi connectivity index (χ0n) is 11.2. The number of aryl methyl sites for hydroxylation is 1. The van der Waals surface area contributed by atoms with Crippen molar-refractivity contribution < 1.29 is 14.6 Å². The number of pyridine rings is 1. The summed E-state index contributed by atoms with van der Waals surface area (Å²) in [5.41, 5.74) is 6.27. The number of carbonyl (C=O) groups is 1. The smallest absolute Gasteiger partial charge is 0.326 e. The van der Waals surface area contributed by atoms with Crippen molar-refractivity contribution in [2.75, 3.05) is 0 Å². The van der Waals surface area contributed by atoms with Crippen molar-refractivity contribution in [3.63, 3.8) is 0 Å². The summed E-state index contributed by atoms with van der Waals surface area (Å²) < 4.78 is 5.14. The van der Waals surface area contributed by atoms with E-state index in [-0.39, 0.29) is 0 Å². The fraction of sp³-hybridized carbons (Fsp3) is 0.538. The van der Waals surface area contributed by atoms with Crippen LogP contribution in [0, 0.1) is 6.92 Å². The third-order valence-corrected chi connectivity index (χ3v) is 2.39. The molecule has 0 amide bonds. The number of aromatic nitrogens is 1. The van der Waals surface area contributed by atoms with Crippen molar-refractivity contribution in [2.24, 2.45) is 5.73 Å². The zero-order chi connectivity index (χ0) is 13.9. The highest BCUT2D eigenvalue weighted by atomic mass is 16.6. The molecule has 3 N–H and O–H groups in total. The van der Waals surface area contributed by atoms with Gasteiger partial charge in [0, 0.05) is 17.5 Å². The summed E-state index contributed by atoms with van der Waals surface area (Å²) in [6.45, 7) is 7.00. The van der Waals surface area contributed by atoms with Crippen LogP contribution in [0.3, 0.4) is 0 Å². The van der Waals surface area contributed by atoms with E-state index in [0.717, 1.165) is 0 Å². The monoisotopic (exact) mass is 252 g/mol. The molecule has 1 rings (SSSR count). The lowest BCUT2D eigenvalue weighted by molar-refractivity contribution is -0.159. The normalized spacial score (nSPS) is 15.0. The van der Waals surface area contributed by atoms with Crippen LogP contribution in [-0.2, 0) is 9.53 Å². The van der Waals surface area contributed by atoms with Gasteiger partial charge in [-0.15, -0.1) is 0 Å². The molecule has 0 spiro atoms. The van der Waals surface area contributed by atoms with Crippen LogP contribution in [0.5, 0.6) is 0 Å². The van der Waals surface area contributed by atoms with Crippen molar-refractivity contribution in [1.29, 1.82) is 0 Å². The number of hydrogen-bond donors (Lipinski definition) is 2. The Bertz CT molecular complexity index is 426. The van der Waals surface area contributed by atoms with E-state index in [0.29, 0.717) is 11.3 Å². The first kappa shape index (κ1) is 14.6. The number of ether oxygens (including phenoxy) is 1. The Balaban J connectivity index is 2.82. The second-order valence-corrected chi connectivity index (χ2v) is 5.18. The van der Waals surface area contributed by atoms with Crippen molar-refractivity contribution in [1.82, 2.24) is 4.98 Å². The summed E-state index contributed by atoms with van der Waals surface area (Å²) in [6.07, 6.45) is 0.499. The number of hydrogen-bond acceptors (Lipinski definition) is 5. The Kier molecular flexibility index (Phi) is 4.43. The van der Waals surface area contributed by atoms with Gasteiger partial charge in [0.25, 0.3) is 0 Å². The Morgan fingerprint density at radius 2 is 2.11 bits per heavy atom. The number of esters is 1. The quantitative estimate of drug-likeness (QED) is 0.787. The third-order valence-electron chi connectivity index (χ3n) is 2.39. The van der Waals surface area contributed by atoms with E-state index in [1.165, 1.54) is 0 Å². The molecule has 100 valence electrons. The van der Waals surface area contributed by atoms with Crippen LogP contribution in [0.25, 0.3) is 0 Å². The SMILES string of the molecule is Cc1ncccc1[C@H](O)[C@H](N)C(=O)OC(C)(C)C. The van der Waals surface area contributed by atoms with Crippen molar-refractivity contribution in [2.45, 2.75) is 45.4 Å². The largest absolute Gasteiger partial charge is 0.459 e. The van der Waals surface area contributed by atoms with Crippen LogP contribution in [-0.4, -0.2) is 27.7 Å². The second kappa shape index (κ2) is 5.46. The molecule has 0 radical (unpaired) electrons. The molecule has 0 bridgehead atoms. The van der Waals surface area contributed by atoms with Crippen LogP contribution in [0.15, 0.2) is 18.3 Å². The van der Waals surface area contributed by atoms with Crippen LogP contribution in [0.2, 0.25) is 0 Å². The lowest BCUT2D eigenvalue weighted by Crippen LogP contribution is -2.41. The van der Waals surface area contributed by atoms with Crippen LogP contribution in [0.4, 0.5) is 0 Å². The molecule has 0 aliphatic heterocycles. The molecular weight excluding hydrogens is 232 g/mol. The third kappa shape index (κ3) is 3.78. The summed E-state index contributed by atoms with van der Waals surface area (Å²) in [4.78, 5) is 15.8. The topological polar surface area (TPSA) is 85.4 Å². The molecule has 0 aliphatic rings. The number of nitrogens with zero attached hydrogens (tertiary/aromatic N) is 1. The average Bonchev–Trinajstić information content (AvgIpc) is 2.25. The van der Waals surface area contributed by atoms with Gasteiger partial charge in [0.15, 0.2) is 0 Å². The molecule has 0 aliphatic carbocycles. The number of rotatable bonds is 3. The predicted molar refractivity (Wildman–Crippen MR) is 67.8 cm³/mol. The summed E-state index contributed by atoms with van der Waals surface area (Å²) in [6, 6.07) is 2.26. The maximum atomic E-state index is 11.8. The van der Waals surface area contributed by atoms with Gasteiger partial charge in [0.05, 0.1) is 0 Å². The van der Waals surface area contributed by atoms with E-state index in [4.69, 9.17) is 10.5 Å². The van der Waals surface area contributed by atoms with Crippen molar-refractivity contribution in [3.8, 4) is 0 Å². The number of nitrogens with two attached hydrogens (primary N) is 1. The van der Waals surface area contributed by atoms with E-state index in [9.17, 15) is 9.90 Å². The second-order valence-electron chi connectivity index (χ2n) is 5.18. The summed E-state index contributed by atoms with van der Waals surface area (Å²) in [7, 11) is 0. The number of aliphatic hydroxyl groups excluding tert-OH is 1. The molecule has 1 aromatic heterocycles. The van der Waals surface area contributed by atoms with Crippen LogP contribution in [0.1, 0.15) is 38.1 Å². The van der Waals surface area contributed by atoms with Gasteiger partial charge < -0.3 is 15.6 Å². The highest BCUT2D eigenvalue weighted by molar-refractivity contribution is 5.77. The first-order valence-electron chi connectivity index (χ1n) is 5.80. The van der Waals surface area contributed by atoms with E-state index >= 15 is 0 Å². The predicted octanol–water partition coefficient (Wildman–Crippen LogP) is 1.09. The van der Waals surface area contributed by atoms with Gasteiger partial charge in [-0.3, -0.25) is 9.78 Å². The van der Waals surface area contributed by atoms with E-state index in [1.807, 2.05) is 0 Å². The maximum Gasteiger partial charge on any atom is 0.326 e. The summed E-state index contributed by atoms with van der Waals surface area (Å²) >= 11 is 0. The molecule has 1 heterocycles. The molecule has 0 unspecified atom stereocenters. The van der Waals surface area contributed by atoms with Gasteiger partial charge in [-0.1, -0.05) is 6.07 Å². The standard InChI is InChI=1S/C13H20N2O3/c1-8-9(6-5-7-15-8)11(16)10(14)12(17)18-13(2,3)4/h5-7,10-11,16H,14H2,1-4H3/t10-,11-/m0/s1. The Hall–Kier alpha value is -1.46. The molecule has 0 saturated carbocycles. The van der Waals surface area contributed by atoms with Gasteiger partial charge >= 0.3 is 5.97 Å². The van der Waals surface area contributed by atoms with Crippen LogP contribution >= 0.6 is 0 Å². The highest BCUT2D eigenvalue weighted by Crippen LogP contribution is 2.20. The van der Waals surface area contributed by atoms with E-state index in [2.05, 4.69) is 4.98 Å². The number of carbonyl (C=O) groups excluding carboxylic acids is 1. The van der Waals surface area contributed by atoms with Gasteiger partial charge in [0.1, 0.15) is 17.7 Å². The minimum atomic E-state index is -1.12. The zero-order valence-corrected chi connectivity index (χ0v) is 11.2. The van der Waals surface area contributed by atoms with Gasteiger partial charge in [0.2, 0.25) is 0 Å². The first-order chi connectivity index (χ1) is 8.22. The Morgan fingerprint density at radius 1 is 1.50 bits per heavy atom. The summed E-state index contributed by atoms with van der Waals surface area (Å²) in [5.74, 6) is -0.627. The van der Waals surface area contributed by atoms with E-state index < -0.39 is 23.7 Å². The average molecular weight is 252 g/mol. The van der Waals surface area contributed by atoms with Gasteiger partial charge in [-0.2, -0.15) is 0 Å². The van der Waals surface area contributed by atoms with Crippen molar-refractivity contribution in [3.05, 3.63) is 29.6 Å². The minimum absolute atomic E-state index is 0.538. The van der Waals surface area contributed by atoms with Gasteiger partial charge in [-0.05, 0) is 33.8 Å². The first-order valence-corrected chi connectivity index (χ1v) is 5.80. The summed E-state index contributed by atoms with van der Waals surface area (Å²) in [5, 5.41) is 10.1. The Labute approximate surface area is 107 Å². The molecular formula is C13H20N2O3. The lowest BCUT2D eigenvalue weighted by Gasteiger charge is -2.25. The molecule has 0 saturated heterocycles. The molecule has 0 fully saturated rings. The van der Waals surface area contributed by atoms with Crippen LogP contribution < -0.4 is 5.73 Å². The molecule has 5 heteroatoms. The van der Waals surface area contributed by atoms with E-state index in [1.54, 1.807) is 46.0 Å². The Morgan fingerprint density at radius 3 is 2.61 bits per heavy atom. The fourth-order valence-electron chi connectivity index (χ4n) is 1.50. The fourth-order valence-corrected chi connectivity index (χ4v) is 1.50. The molecule has 1 aromatic rings. The number of aliphatic hydroxyl groups is 1. The lowest BCUT2D eigenvalue weighted by atomic mass is 10.0. The molecule has 2 atom stereocenters. The van der Waals surface area contributed by atoms with Crippen molar-refractivity contribution >= 4 is 5.97 Å². The minimum Gasteiger partial charge on any atom is -0.459 e. The maximum absolute atomic E-state index is 11.8. The molecule has 18 heavy (non-hydrogen) atoms. The highest BCUT2D eigenvalue weighted by Gasteiger charge is 2.29. The van der Waals surface area contributed by atoms with Gasteiger partial charge in [-0.25, -0.2) is 0 Å². The molecule has 0 aromatic carbocycles. The molecule has 5 nitrogen and oxygen atoms in total.